The summed E-state index contributed by atoms with van der Waals surface area (Å²) < 4.78 is 13.0. The fourth-order valence-corrected chi connectivity index (χ4v) is 3.51. The second kappa shape index (κ2) is 12.0. The van der Waals surface area contributed by atoms with Crippen LogP contribution in [-0.2, 0) is 0 Å². The lowest BCUT2D eigenvalue weighted by atomic mass is 10.2. The van der Waals surface area contributed by atoms with Crippen molar-refractivity contribution < 1.29 is 4.39 Å². The lowest BCUT2D eigenvalue weighted by Crippen LogP contribution is -2.49. The molecule has 0 radical (unpaired) electrons. The number of nitrogens with one attached hydrogen (secondary N) is 2. The molecule has 1 heterocycles. The van der Waals surface area contributed by atoms with Crippen LogP contribution in [0.4, 0.5) is 10.1 Å². The van der Waals surface area contributed by atoms with Crippen LogP contribution >= 0.6 is 11.8 Å². The van der Waals surface area contributed by atoms with Crippen molar-refractivity contribution in [2.75, 3.05) is 69.8 Å². The first-order chi connectivity index (χ1) is 12.7. The first kappa shape index (κ1) is 20.8. The van der Waals surface area contributed by atoms with E-state index in [1.54, 1.807) is 0 Å². The first-order valence-electron chi connectivity index (χ1n) is 9.39. The summed E-state index contributed by atoms with van der Waals surface area (Å²) in [7, 11) is 1.82. The van der Waals surface area contributed by atoms with Crippen LogP contribution in [0.5, 0.6) is 0 Å². The fraction of sp³-hybridized carbons (Fsp3) is 0.632. The highest BCUT2D eigenvalue weighted by Gasteiger charge is 2.16. The van der Waals surface area contributed by atoms with E-state index in [-0.39, 0.29) is 5.82 Å². The highest BCUT2D eigenvalue weighted by atomic mass is 32.2. The van der Waals surface area contributed by atoms with Crippen molar-refractivity contribution in [1.29, 1.82) is 0 Å². The summed E-state index contributed by atoms with van der Waals surface area (Å²) in [5.41, 5.74) is 1.11. The molecule has 1 aliphatic heterocycles. The molecule has 2 N–H and O–H groups in total. The van der Waals surface area contributed by atoms with Gasteiger partial charge >= 0.3 is 0 Å². The van der Waals surface area contributed by atoms with E-state index in [4.69, 9.17) is 0 Å². The molecule has 26 heavy (non-hydrogen) atoms. The Bertz CT molecular complexity index is 529. The number of anilines is 1. The van der Waals surface area contributed by atoms with Crippen molar-refractivity contribution in [3.05, 3.63) is 30.1 Å². The number of thioether (sulfide) groups is 1. The predicted octanol–water partition coefficient (Wildman–Crippen LogP) is 2.26. The van der Waals surface area contributed by atoms with Crippen LogP contribution in [0.25, 0.3) is 0 Å². The Kier molecular flexibility index (Phi) is 9.63. The molecule has 0 atom stereocenters. The minimum atomic E-state index is -0.176. The second-order valence-corrected chi connectivity index (χ2v) is 7.42. The topological polar surface area (TPSA) is 42.9 Å². The number of nitrogens with zero attached hydrogens (tertiary/aromatic N) is 3. The van der Waals surface area contributed by atoms with Gasteiger partial charge in [-0.3, -0.25) is 9.89 Å². The van der Waals surface area contributed by atoms with Crippen molar-refractivity contribution in [1.82, 2.24) is 15.5 Å². The number of piperazine rings is 1. The first-order valence-corrected chi connectivity index (χ1v) is 10.8. The third-order valence-corrected chi connectivity index (χ3v) is 5.27. The monoisotopic (exact) mass is 381 g/mol. The maximum atomic E-state index is 13.0. The summed E-state index contributed by atoms with van der Waals surface area (Å²) in [5, 5.41) is 6.76. The smallest absolute Gasteiger partial charge is 0.191 e. The van der Waals surface area contributed by atoms with Gasteiger partial charge in [0, 0.05) is 58.5 Å². The molecule has 1 aliphatic rings. The summed E-state index contributed by atoms with van der Waals surface area (Å²) in [5.74, 6) is 1.93. The molecule has 0 bridgehead atoms. The van der Waals surface area contributed by atoms with Crippen LogP contribution in [0, 0.1) is 5.82 Å². The number of hydrogen-bond acceptors (Lipinski definition) is 4. The molecule has 2 rings (SSSR count). The molecular weight excluding hydrogens is 349 g/mol. The Hall–Kier alpha value is -1.47. The van der Waals surface area contributed by atoms with Gasteiger partial charge in [-0.05, 0) is 49.1 Å². The summed E-state index contributed by atoms with van der Waals surface area (Å²) in [4.78, 5) is 9.05. The summed E-state index contributed by atoms with van der Waals surface area (Å²) in [6, 6.07) is 6.79. The average molecular weight is 382 g/mol. The number of unbranched alkanes of at least 4 members (excludes halogenated alkanes) is 1. The largest absolute Gasteiger partial charge is 0.369 e. The van der Waals surface area contributed by atoms with E-state index in [9.17, 15) is 4.39 Å². The zero-order chi connectivity index (χ0) is 18.6. The van der Waals surface area contributed by atoms with Crippen LogP contribution in [0.3, 0.4) is 0 Å². The standard InChI is InChI=1S/C19H32FN5S/c1-21-19(22-9-3-4-16-26-2)23-10-11-24-12-14-25(15-13-24)18-7-5-17(20)6-8-18/h5-8H,3-4,9-16H2,1-2H3,(H2,21,22,23). The van der Waals surface area contributed by atoms with Crippen LogP contribution in [0.1, 0.15) is 12.8 Å². The number of benzene rings is 1. The molecule has 0 aliphatic carbocycles. The number of guanidine groups is 1. The van der Waals surface area contributed by atoms with E-state index in [0.29, 0.717) is 0 Å². The van der Waals surface area contributed by atoms with Gasteiger partial charge < -0.3 is 15.5 Å². The molecule has 1 saturated heterocycles. The summed E-state index contributed by atoms with van der Waals surface area (Å²) >= 11 is 1.90. The Morgan fingerprint density at radius 3 is 2.42 bits per heavy atom. The van der Waals surface area contributed by atoms with Crippen molar-refractivity contribution in [2.45, 2.75) is 12.8 Å². The maximum Gasteiger partial charge on any atom is 0.191 e. The Morgan fingerprint density at radius 2 is 1.77 bits per heavy atom. The highest BCUT2D eigenvalue weighted by Crippen LogP contribution is 2.16. The van der Waals surface area contributed by atoms with Gasteiger partial charge in [-0.25, -0.2) is 4.39 Å². The van der Waals surface area contributed by atoms with Crippen LogP contribution in [0.15, 0.2) is 29.3 Å². The number of halogens is 1. The third kappa shape index (κ3) is 7.41. The molecule has 1 aromatic carbocycles. The zero-order valence-electron chi connectivity index (χ0n) is 16.0. The number of hydrogen-bond donors (Lipinski definition) is 2. The van der Waals surface area contributed by atoms with Gasteiger partial charge in [-0.2, -0.15) is 11.8 Å². The van der Waals surface area contributed by atoms with Gasteiger partial charge in [-0.15, -0.1) is 0 Å². The second-order valence-electron chi connectivity index (χ2n) is 6.43. The molecule has 0 amide bonds. The van der Waals surface area contributed by atoms with Gasteiger partial charge in [-0.1, -0.05) is 0 Å². The quantitative estimate of drug-likeness (QED) is 0.390. The lowest BCUT2D eigenvalue weighted by Gasteiger charge is -2.36. The van der Waals surface area contributed by atoms with Crippen molar-refractivity contribution in [3.8, 4) is 0 Å². The maximum absolute atomic E-state index is 13.0. The van der Waals surface area contributed by atoms with E-state index < -0.39 is 0 Å². The number of rotatable bonds is 9. The van der Waals surface area contributed by atoms with Gasteiger partial charge in [0.15, 0.2) is 5.96 Å². The van der Waals surface area contributed by atoms with Gasteiger partial charge in [0.2, 0.25) is 0 Å². The minimum Gasteiger partial charge on any atom is -0.369 e. The van der Waals surface area contributed by atoms with Crippen LogP contribution < -0.4 is 15.5 Å². The molecule has 0 saturated carbocycles. The fourth-order valence-electron chi connectivity index (χ4n) is 3.01. The van der Waals surface area contributed by atoms with Crippen LogP contribution in [0.2, 0.25) is 0 Å². The molecule has 1 fully saturated rings. The molecule has 146 valence electrons. The Labute approximate surface area is 161 Å². The molecule has 5 nitrogen and oxygen atoms in total. The van der Waals surface area contributed by atoms with Gasteiger partial charge in [0.1, 0.15) is 5.82 Å². The van der Waals surface area contributed by atoms with Gasteiger partial charge in [0.05, 0.1) is 0 Å². The molecule has 0 unspecified atom stereocenters. The Morgan fingerprint density at radius 1 is 1.08 bits per heavy atom. The lowest BCUT2D eigenvalue weighted by molar-refractivity contribution is 0.261. The summed E-state index contributed by atoms with van der Waals surface area (Å²) in [6.07, 6.45) is 4.56. The normalized spacial score (nSPS) is 16.0. The Balaban J connectivity index is 1.59. The zero-order valence-corrected chi connectivity index (χ0v) is 16.8. The van der Waals surface area contributed by atoms with E-state index >= 15 is 0 Å². The molecule has 0 aromatic heterocycles. The molecular formula is C19H32FN5S. The highest BCUT2D eigenvalue weighted by molar-refractivity contribution is 7.98. The van der Waals surface area contributed by atoms with Crippen molar-refractivity contribution >= 4 is 23.4 Å². The molecule has 1 aromatic rings. The SMILES string of the molecule is CN=C(NCCCCSC)NCCN1CCN(c2ccc(F)cc2)CC1. The third-order valence-electron chi connectivity index (χ3n) is 4.58. The minimum absolute atomic E-state index is 0.176. The van der Waals surface area contributed by atoms with E-state index in [2.05, 4.69) is 31.7 Å². The van der Waals surface area contributed by atoms with Crippen molar-refractivity contribution in [2.24, 2.45) is 4.99 Å². The van der Waals surface area contributed by atoms with Crippen molar-refractivity contribution in [3.63, 3.8) is 0 Å². The molecule has 7 heteroatoms. The summed E-state index contributed by atoms with van der Waals surface area (Å²) in [6.45, 7) is 6.88. The predicted molar refractivity (Wildman–Crippen MR) is 112 cm³/mol. The van der Waals surface area contributed by atoms with E-state index in [1.165, 1.54) is 30.7 Å². The molecule has 0 spiro atoms. The van der Waals surface area contributed by atoms with Gasteiger partial charge in [0.25, 0.3) is 0 Å². The van der Waals surface area contributed by atoms with E-state index in [1.807, 2.05) is 30.9 Å². The van der Waals surface area contributed by atoms with Crippen LogP contribution in [-0.4, -0.2) is 75.7 Å². The van der Waals surface area contributed by atoms with E-state index in [0.717, 1.165) is 57.5 Å². The number of aliphatic imine (C=N–C) groups is 1. The average Bonchev–Trinajstić information content (AvgIpc) is 2.67.